The van der Waals surface area contributed by atoms with E-state index in [0.29, 0.717) is 24.5 Å². The first-order valence-corrected chi connectivity index (χ1v) is 5.71. The molecule has 0 radical (unpaired) electrons. The van der Waals surface area contributed by atoms with E-state index in [9.17, 15) is 8.78 Å². The normalized spacial score (nSPS) is 14.6. The van der Waals surface area contributed by atoms with E-state index in [2.05, 4.69) is 0 Å². The van der Waals surface area contributed by atoms with Gasteiger partial charge in [-0.25, -0.2) is 8.78 Å². The summed E-state index contributed by atoms with van der Waals surface area (Å²) in [5.41, 5.74) is 6.25. The van der Waals surface area contributed by atoms with E-state index in [4.69, 9.17) is 10.5 Å². The summed E-state index contributed by atoms with van der Waals surface area (Å²) in [6.45, 7) is 2.64. The number of rotatable bonds is 6. The Balaban J connectivity index is 2.55. The Hall–Kier alpha value is -1.00. The first kappa shape index (κ1) is 14.1. The van der Waals surface area contributed by atoms with E-state index in [-0.39, 0.29) is 6.04 Å². The van der Waals surface area contributed by atoms with Gasteiger partial charge in [0.2, 0.25) is 0 Å². The summed E-state index contributed by atoms with van der Waals surface area (Å²) in [4.78, 5) is 0. The van der Waals surface area contributed by atoms with Crippen molar-refractivity contribution >= 4 is 0 Å². The molecule has 0 fully saturated rings. The van der Waals surface area contributed by atoms with Crippen LogP contribution < -0.4 is 5.73 Å². The molecule has 0 saturated heterocycles. The molecule has 0 saturated carbocycles. The minimum Gasteiger partial charge on any atom is -0.384 e. The van der Waals surface area contributed by atoms with Crippen LogP contribution >= 0.6 is 0 Å². The lowest BCUT2D eigenvalue weighted by atomic mass is 9.97. The Morgan fingerprint density at radius 3 is 2.71 bits per heavy atom. The second-order valence-electron chi connectivity index (χ2n) is 4.50. The summed E-state index contributed by atoms with van der Waals surface area (Å²) in [5, 5.41) is 0. The molecule has 96 valence electrons. The monoisotopic (exact) mass is 243 g/mol. The summed E-state index contributed by atoms with van der Waals surface area (Å²) in [7, 11) is 1.63. The highest BCUT2D eigenvalue weighted by Gasteiger charge is 2.12. The van der Waals surface area contributed by atoms with Crippen LogP contribution in [0, 0.1) is 17.6 Å². The first-order valence-electron chi connectivity index (χ1n) is 5.71. The topological polar surface area (TPSA) is 35.2 Å². The van der Waals surface area contributed by atoms with Crippen LogP contribution in [-0.4, -0.2) is 19.8 Å². The summed E-state index contributed by atoms with van der Waals surface area (Å²) >= 11 is 0. The maximum atomic E-state index is 13.4. The van der Waals surface area contributed by atoms with Gasteiger partial charge in [0.25, 0.3) is 0 Å². The van der Waals surface area contributed by atoms with E-state index in [1.807, 2.05) is 6.92 Å². The molecular formula is C13H19F2NO. The van der Waals surface area contributed by atoms with Crippen LogP contribution in [0.2, 0.25) is 0 Å². The second kappa shape index (κ2) is 6.67. The zero-order valence-corrected chi connectivity index (χ0v) is 10.2. The Kier molecular flexibility index (Phi) is 5.51. The van der Waals surface area contributed by atoms with E-state index in [1.165, 1.54) is 6.07 Å². The molecule has 0 amide bonds. The fourth-order valence-corrected chi connectivity index (χ4v) is 1.93. The number of nitrogens with two attached hydrogens (primary N) is 1. The third-order valence-corrected chi connectivity index (χ3v) is 2.65. The van der Waals surface area contributed by atoms with Gasteiger partial charge in [0.1, 0.15) is 11.6 Å². The van der Waals surface area contributed by atoms with E-state index in [0.717, 1.165) is 18.6 Å². The van der Waals surface area contributed by atoms with Crippen LogP contribution in [0.15, 0.2) is 18.2 Å². The van der Waals surface area contributed by atoms with Crippen molar-refractivity contribution in [2.75, 3.05) is 13.7 Å². The van der Waals surface area contributed by atoms with Crippen molar-refractivity contribution in [3.63, 3.8) is 0 Å². The number of hydrogen-bond acceptors (Lipinski definition) is 2. The van der Waals surface area contributed by atoms with Crippen LogP contribution in [0.25, 0.3) is 0 Å². The van der Waals surface area contributed by atoms with Gasteiger partial charge in [-0.05, 0) is 42.5 Å². The highest BCUT2D eigenvalue weighted by atomic mass is 19.1. The Bertz CT molecular complexity index is 357. The second-order valence-corrected chi connectivity index (χ2v) is 4.50. The van der Waals surface area contributed by atoms with Gasteiger partial charge < -0.3 is 10.5 Å². The zero-order valence-electron chi connectivity index (χ0n) is 10.2. The average molecular weight is 243 g/mol. The quantitative estimate of drug-likeness (QED) is 0.833. The van der Waals surface area contributed by atoms with Crippen LogP contribution in [0.1, 0.15) is 18.9 Å². The molecule has 2 N–H and O–H groups in total. The third kappa shape index (κ3) is 4.79. The highest BCUT2D eigenvalue weighted by molar-refractivity contribution is 5.19. The number of benzene rings is 1. The number of methoxy groups -OCH3 is 1. The fourth-order valence-electron chi connectivity index (χ4n) is 1.93. The van der Waals surface area contributed by atoms with Crippen molar-refractivity contribution in [1.29, 1.82) is 0 Å². The van der Waals surface area contributed by atoms with Gasteiger partial charge in [0, 0.05) is 19.8 Å². The van der Waals surface area contributed by atoms with Crippen LogP contribution in [0.4, 0.5) is 8.78 Å². The molecule has 2 unspecified atom stereocenters. The molecule has 0 aliphatic heterocycles. The molecule has 2 nitrogen and oxygen atoms in total. The summed E-state index contributed by atoms with van der Waals surface area (Å²) in [6.07, 6.45) is 1.07. The van der Waals surface area contributed by atoms with Crippen molar-refractivity contribution in [3.8, 4) is 0 Å². The van der Waals surface area contributed by atoms with Gasteiger partial charge >= 0.3 is 0 Å². The minimum absolute atomic E-state index is 0.184. The average Bonchev–Trinajstić information content (AvgIpc) is 2.23. The van der Waals surface area contributed by atoms with Crippen molar-refractivity contribution < 1.29 is 13.5 Å². The predicted molar refractivity (Wildman–Crippen MR) is 63.7 cm³/mol. The molecule has 0 heterocycles. The Morgan fingerprint density at radius 1 is 1.35 bits per heavy atom. The number of hydrogen-bond donors (Lipinski definition) is 1. The largest absolute Gasteiger partial charge is 0.384 e. The van der Waals surface area contributed by atoms with Crippen molar-refractivity contribution in [1.82, 2.24) is 0 Å². The molecule has 0 aliphatic carbocycles. The highest BCUT2D eigenvalue weighted by Crippen LogP contribution is 2.14. The first-order chi connectivity index (χ1) is 8.02. The van der Waals surface area contributed by atoms with Crippen LogP contribution in [0.5, 0.6) is 0 Å². The molecule has 1 aromatic carbocycles. The SMILES string of the molecule is COCC(C)CC(N)Cc1cc(F)ccc1F. The van der Waals surface area contributed by atoms with E-state index >= 15 is 0 Å². The smallest absolute Gasteiger partial charge is 0.126 e. The standard InChI is InChI=1S/C13H19F2NO/c1-9(8-17-2)5-12(16)7-10-6-11(14)3-4-13(10)15/h3-4,6,9,12H,5,7-8,16H2,1-2H3. The molecule has 1 rings (SSSR count). The molecule has 1 aromatic rings. The Morgan fingerprint density at radius 2 is 2.06 bits per heavy atom. The van der Waals surface area contributed by atoms with Gasteiger partial charge in [-0.2, -0.15) is 0 Å². The molecule has 0 spiro atoms. The third-order valence-electron chi connectivity index (χ3n) is 2.65. The van der Waals surface area contributed by atoms with E-state index in [1.54, 1.807) is 7.11 Å². The lowest BCUT2D eigenvalue weighted by molar-refractivity contribution is 0.152. The zero-order chi connectivity index (χ0) is 12.8. The lowest BCUT2D eigenvalue weighted by Gasteiger charge is -2.17. The van der Waals surface area contributed by atoms with Gasteiger partial charge in [0.15, 0.2) is 0 Å². The predicted octanol–water partition coefficient (Wildman–Crippen LogP) is 2.51. The molecule has 0 bridgehead atoms. The Labute approximate surface area is 101 Å². The van der Waals surface area contributed by atoms with Gasteiger partial charge in [-0.3, -0.25) is 0 Å². The minimum atomic E-state index is -0.432. The lowest BCUT2D eigenvalue weighted by Crippen LogP contribution is -2.27. The maximum absolute atomic E-state index is 13.4. The number of halogens is 2. The summed E-state index contributed by atoms with van der Waals surface area (Å²) in [6, 6.07) is 3.26. The molecule has 0 aliphatic rings. The van der Waals surface area contributed by atoms with Gasteiger partial charge in [0.05, 0.1) is 0 Å². The summed E-state index contributed by atoms with van der Waals surface area (Å²) in [5.74, 6) is -0.522. The molecule has 17 heavy (non-hydrogen) atoms. The number of ether oxygens (including phenoxy) is 1. The van der Waals surface area contributed by atoms with Gasteiger partial charge in [-0.15, -0.1) is 0 Å². The summed E-state index contributed by atoms with van der Waals surface area (Å²) < 4.78 is 31.3. The van der Waals surface area contributed by atoms with Crippen molar-refractivity contribution in [2.24, 2.45) is 11.7 Å². The van der Waals surface area contributed by atoms with Crippen LogP contribution in [-0.2, 0) is 11.2 Å². The molecule has 2 atom stereocenters. The maximum Gasteiger partial charge on any atom is 0.126 e. The molecule has 4 heteroatoms. The molecule has 0 aromatic heterocycles. The van der Waals surface area contributed by atoms with E-state index < -0.39 is 11.6 Å². The van der Waals surface area contributed by atoms with Crippen molar-refractivity contribution in [2.45, 2.75) is 25.8 Å². The molecular weight excluding hydrogens is 224 g/mol. The van der Waals surface area contributed by atoms with Gasteiger partial charge in [-0.1, -0.05) is 6.92 Å². The van der Waals surface area contributed by atoms with Crippen molar-refractivity contribution in [3.05, 3.63) is 35.4 Å². The fraction of sp³-hybridized carbons (Fsp3) is 0.538. The van der Waals surface area contributed by atoms with Crippen LogP contribution in [0.3, 0.4) is 0 Å².